The number of hydrogen-bond acceptors (Lipinski definition) is 6. The third-order valence-electron chi connectivity index (χ3n) is 5.15. The summed E-state index contributed by atoms with van der Waals surface area (Å²) < 4.78 is 38.8. The fourth-order valence-corrected chi connectivity index (χ4v) is 3.56. The molecular weight excluding hydrogens is 421 g/mol. The predicted octanol–water partition coefficient (Wildman–Crippen LogP) is 3.89. The molecule has 4 rings (SSSR count). The van der Waals surface area contributed by atoms with Gasteiger partial charge >= 0.3 is 6.18 Å². The van der Waals surface area contributed by atoms with Crippen LogP contribution in [0.2, 0.25) is 0 Å². The fraction of sp³-hybridized carbons (Fsp3) is 0.273. The topological polar surface area (TPSA) is 74.2 Å². The lowest BCUT2D eigenvalue weighted by atomic mass is 10.0. The molecule has 166 valence electrons. The molecule has 1 aliphatic rings. The minimum absolute atomic E-state index is 0.125. The van der Waals surface area contributed by atoms with Crippen LogP contribution < -0.4 is 10.2 Å². The first-order valence-electron chi connectivity index (χ1n) is 10.0. The van der Waals surface area contributed by atoms with E-state index in [1.807, 2.05) is 37.3 Å². The van der Waals surface area contributed by atoms with Gasteiger partial charge in [-0.15, -0.1) is 0 Å². The molecule has 3 heterocycles. The monoisotopic (exact) mass is 442 g/mol. The van der Waals surface area contributed by atoms with Crippen molar-refractivity contribution in [2.45, 2.75) is 13.1 Å². The Kier molecular flexibility index (Phi) is 5.93. The molecule has 0 atom stereocenters. The average Bonchev–Trinajstić information content (AvgIpc) is 2.78. The molecule has 3 aromatic rings. The lowest BCUT2D eigenvalue weighted by molar-refractivity contribution is -0.141. The number of benzene rings is 1. The van der Waals surface area contributed by atoms with Gasteiger partial charge < -0.3 is 15.1 Å². The van der Waals surface area contributed by atoms with E-state index in [0.29, 0.717) is 31.9 Å². The summed E-state index contributed by atoms with van der Waals surface area (Å²) in [5.74, 6) is 0.685. The number of rotatable bonds is 5. The summed E-state index contributed by atoms with van der Waals surface area (Å²) in [5.41, 5.74) is 2.31. The van der Waals surface area contributed by atoms with E-state index in [0.717, 1.165) is 41.2 Å². The first-order chi connectivity index (χ1) is 15.3. The second kappa shape index (κ2) is 8.81. The van der Waals surface area contributed by atoms with Gasteiger partial charge in [0, 0.05) is 44.3 Å². The minimum atomic E-state index is -4.54. The molecule has 1 amide bonds. The van der Waals surface area contributed by atoms with E-state index >= 15 is 0 Å². The van der Waals surface area contributed by atoms with E-state index in [1.54, 1.807) is 11.1 Å². The molecule has 32 heavy (non-hydrogen) atoms. The molecule has 0 spiro atoms. The number of nitrogens with one attached hydrogen (secondary N) is 1. The first-order valence-corrected chi connectivity index (χ1v) is 10.0. The Morgan fingerprint density at radius 2 is 1.72 bits per heavy atom. The maximum atomic E-state index is 12.9. The largest absolute Gasteiger partial charge is 0.433 e. The summed E-state index contributed by atoms with van der Waals surface area (Å²) in [6.07, 6.45) is -0.880. The zero-order valence-corrected chi connectivity index (χ0v) is 17.3. The summed E-state index contributed by atoms with van der Waals surface area (Å²) in [7, 11) is 0. The number of aryl methyl sites for hydroxylation is 1. The van der Waals surface area contributed by atoms with Crippen molar-refractivity contribution in [3.63, 3.8) is 0 Å². The predicted molar refractivity (Wildman–Crippen MR) is 115 cm³/mol. The summed E-state index contributed by atoms with van der Waals surface area (Å²) in [6.45, 7) is 4.59. The molecule has 0 aliphatic carbocycles. The van der Waals surface area contributed by atoms with Gasteiger partial charge in [-0.2, -0.15) is 13.2 Å². The molecule has 0 unspecified atom stereocenters. The van der Waals surface area contributed by atoms with Crippen LogP contribution in [0.1, 0.15) is 11.3 Å². The molecule has 0 saturated carbocycles. The molecule has 10 heteroatoms. The van der Waals surface area contributed by atoms with Gasteiger partial charge in [-0.3, -0.25) is 4.79 Å². The smallest absolute Gasteiger partial charge is 0.353 e. The van der Waals surface area contributed by atoms with Crippen LogP contribution in [0, 0.1) is 6.92 Å². The van der Waals surface area contributed by atoms with Crippen molar-refractivity contribution in [1.82, 2.24) is 19.9 Å². The van der Waals surface area contributed by atoms with Gasteiger partial charge in [0.05, 0.1) is 0 Å². The number of aromatic nitrogens is 3. The number of alkyl halides is 3. The third-order valence-corrected chi connectivity index (χ3v) is 5.15. The van der Waals surface area contributed by atoms with Gasteiger partial charge in [-0.05, 0) is 53.9 Å². The van der Waals surface area contributed by atoms with Crippen molar-refractivity contribution in [3.8, 4) is 11.1 Å². The molecule has 0 bridgehead atoms. The highest BCUT2D eigenvalue weighted by Crippen LogP contribution is 2.30. The van der Waals surface area contributed by atoms with E-state index in [4.69, 9.17) is 0 Å². The van der Waals surface area contributed by atoms with Crippen LogP contribution in [0.15, 0.2) is 48.8 Å². The van der Waals surface area contributed by atoms with Crippen molar-refractivity contribution in [2.75, 3.05) is 36.4 Å². The van der Waals surface area contributed by atoms with Crippen molar-refractivity contribution < 1.29 is 18.0 Å². The molecular formula is C22H21F3N6O. The molecule has 7 nitrogen and oxygen atoms in total. The molecule has 1 N–H and O–H groups in total. The van der Waals surface area contributed by atoms with Crippen molar-refractivity contribution >= 4 is 23.9 Å². The highest BCUT2D eigenvalue weighted by atomic mass is 19.4. The van der Waals surface area contributed by atoms with Crippen LogP contribution in [-0.2, 0) is 11.0 Å². The highest BCUT2D eigenvalue weighted by Gasteiger charge is 2.32. The Balaban J connectivity index is 1.58. The van der Waals surface area contributed by atoms with E-state index in [2.05, 4.69) is 25.2 Å². The van der Waals surface area contributed by atoms with Crippen LogP contribution in [0.4, 0.5) is 30.6 Å². The fourth-order valence-electron chi connectivity index (χ4n) is 3.56. The third kappa shape index (κ3) is 4.96. The maximum absolute atomic E-state index is 12.9. The molecule has 1 saturated heterocycles. The number of anilines is 3. The van der Waals surface area contributed by atoms with Crippen LogP contribution in [-0.4, -0.2) is 52.4 Å². The number of amides is 1. The molecule has 1 aromatic carbocycles. The van der Waals surface area contributed by atoms with E-state index < -0.39 is 11.9 Å². The number of piperazine rings is 1. The van der Waals surface area contributed by atoms with Crippen molar-refractivity contribution in [2.24, 2.45) is 0 Å². The lowest BCUT2D eigenvalue weighted by Crippen LogP contribution is -2.46. The van der Waals surface area contributed by atoms with Crippen LogP contribution in [0.25, 0.3) is 11.1 Å². The molecule has 2 aromatic heterocycles. The Labute approximate surface area is 182 Å². The summed E-state index contributed by atoms with van der Waals surface area (Å²) in [5, 5.41) is 2.87. The SMILES string of the molecule is Cc1cc(Nc2nccc(C(F)(F)F)n2)cc(-c2ccnc(N3CCN(C=O)CC3)c2)c1. The zero-order chi connectivity index (χ0) is 22.7. The van der Waals surface area contributed by atoms with Gasteiger partial charge in [-0.25, -0.2) is 15.0 Å². The zero-order valence-electron chi connectivity index (χ0n) is 17.3. The second-order valence-electron chi connectivity index (χ2n) is 7.51. The maximum Gasteiger partial charge on any atom is 0.433 e. The summed E-state index contributed by atoms with van der Waals surface area (Å²) in [4.78, 5) is 26.7. The summed E-state index contributed by atoms with van der Waals surface area (Å²) in [6, 6.07) is 10.3. The minimum Gasteiger partial charge on any atom is -0.353 e. The molecule has 1 fully saturated rings. The van der Waals surface area contributed by atoms with Gasteiger partial charge in [-0.1, -0.05) is 6.07 Å². The number of carbonyl (C=O) groups is 1. The quantitative estimate of drug-likeness (QED) is 0.605. The van der Waals surface area contributed by atoms with Gasteiger partial charge in [0.25, 0.3) is 0 Å². The van der Waals surface area contributed by atoms with Crippen LogP contribution >= 0.6 is 0 Å². The van der Waals surface area contributed by atoms with E-state index in [9.17, 15) is 18.0 Å². The van der Waals surface area contributed by atoms with E-state index in [-0.39, 0.29) is 5.95 Å². The Bertz CT molecular complexity index is 1110. The molecule has 0 radical (unpaired) electrons. The van der Waals surface area contributed by atoms with Gasteiger partial charge in [0.2, 0.25) is 12.4 Å². The number of hydrogen-bond donors (Lipinski definition) is 1. The normalized spacial score (nSPS) is 14.4. The van der Waals surface area contributed by atoms with Gasteiger partial charge in [0.15, 0.2) is 0 Å². The standard InChI is InChI=1S/C22H21F3N6O/c1-15-10-17(12-18(11-15)28-21-27-5-3-19(29-21)22(23,24)25)16-2-4-26-20(13-16)31-8-6-30(14-32)7-9-31/h2-5,10-14H,6-9H2,1H3,(H,27,28,29). The van der Waals surface area contributed by atoms with Crippen LogP contribution in [0.5, 0.6) is 0 Å². The van der Waals surface area contributed by atoms with Gasteiger partial charge in [0.1, 0.15) is 11.5 Å². The first kappa shape index (κ1) is 21.5. The van der Waals surface area contributed by atoms with E-state index in [1.165, 1.54) is 0 Å². The van der Waals surface area contributed by atoms with Crippen LogP contribution in [0.3, 0.4) is 0 Å². The number of halogens is 3. The number of nitrogens with zero attached hydrogens (tertiary/aromatic N) is 5. The Morgan fingerprint density at radius 3 is 2.44 bits per heavy atom. The highest BCUT2D eigenvalue weighted by molar-refractivity contribution is 5.72. The van der Waals surface area contributed by atoms with Crippen molar-refractivity contribution in [3.05, 3.63) is 60.0 Å². The Hall–Kier alpha value is -3.69. The summed E-state index contributed by atoms with van der Waals surface area (Å²) >= 11 is 0. The number of pyridine rings is 1. The van der Waals surface area contributed by atoms with Crippen molar-refractivity contribution in [1.29, 1.82) is 0 Å². The molecule has 1 aliphatic heterocycles. The Morgan fingerprint density at radius 1 is 0.969 bits per heavy atom. The second-order valence-corrected chi connectivity index (χ2v) is 7.51. The lowest BCUT2D eigenvalue weighted by Gasteiger charge is -2.33. The number of carbonyl (C=O) groups excluding carboxylic acids is 1. The average molecular weight is 442 g/mol.